The van der Waals surface area contributed by atoms with E-state index >= 15 is 0 Å². The highest BCUT2D eigenvalue weighted by molar-refractivity contribution is 7.17. The zero-order valence-corrected chi connectivity index (χ0v) is 16.6. The molecule has 0 radical (unpaired) electrons. The van der Waals surface area contributed by atoms with Crippen LogP contribution in [0, 0.1) is 0 Å². The lowest BCUT2D eigenvalue weighted by molar-refractivity contribution is 0.262. The summed E-state index contributed by atoms with van der Waals surface area (Å²) < 4.78 is 1.02. The fourth-order valence-corrected chi connectivity index (χ4v) is 4.53. The van der Waals surface area contributed by atoms with Crippen molar-refractivity contribution in [3.05, 3.63) is 59.3 Å². The molecule has 0 fully saturated rings. The number of carbonyl (C=O) groups is 1. The third kappa shape index (κ3) is 3.62. The molecule has 1 aromatic carbocycles. The SMILES string of the molecule is O=C(Nc1ncc(CNc2ncnc3ccsc23)s1)Nc1cccc2cc[nH]c12. The van der Waals surface area contributed by atoms with Gasteiger partial charge in [-0.15, -0.1) is 11.3 Å². The number of H-pyrrole nitrogens is 1. The van der Waals surface area contributed by atoms with Crippen LogP contribution in [0.5, 0.6) is 0 Å². The number of nitrogens with zero attached hydrogens (tertiary/aromatic N) is 3. The van der Waals surface area contributed by atoms with Gasteiger partial charge in [0, 0.05) is 22.7 Å². The van der Waals surface area contributed by atoms with Crippen molar-refractivity contribution in [1.82, 2.24) is 19.9 Å². The first kappa shape index (κ1) is 17.6. The molecule has 5 aromatic rings. The zero-order valence-electron chi connectivity index (χ0n) is 15.0. The van der Waals surface area contributed by atoms with Crippen LogP contribution in [0.4, 0.5) is 21.4 Å². The van der Waals surface area contributed by atoms with E-state index in [-0.39, 0.29) is 6.03 Å². The summed E-state index contributed by atoms with van der Waals surface area (Å²) in [6, 6.07) is 9.32. The minimum atomic E-state index is -0.336. The van der Waals surface area contributed by atoms with Crippen molar-refractivity contribution in [3.63, 3.8) is 0 Å². The van der Waals surface area contributed by atoms with E-state index in [2.05, 4.69) is 35.9 Å². The van der Waals surface area contributed by atoms with Crippen LogP contribution in [0.25, 0.3) is 21.1 Å². The van der Waals surface area contributed by atoms with Crippen LogP contribution in [-0.4, -0.2) is 26.0 Å². The van der Waals surface area contributed by atoms with E-state index in [0.29, 0.717) is 17.4 Å². The summed E-state index contributed by atoms with van der Waals surface area (Å²) in [6.07, 6.45) is 5.13. The molecule has 5 rings (SSSR count). The monoisotopic (exact) mass is 421 g/mol. The van der Waals surface area contributed by atoms with Crippen LogP contribution in [0.2, 0.25) is 0 Å². The van der Waals surface area contributed by atoms with Crippen molar-refractivity contribution in [2.24, 2.45) is 0 Å². The lowest BCUT2D eigenvalue weighted by Crippen LogP contribution is -2.19. The molecule has 0 atom stereocenters. The number of rotatable bonds is 5. The van der Waals surface area contributed by atoms with Gasteiger partial charge in [0.05, 0.1) is 28.0 Å². The Labute approximate surface area is 173 Å². The number of amides is 2. The molecule has 0 saturated carbocycles. The van der Waals surface area contributed by atoms with E-state index in [1.807, 2.05) is 41.9 Å². The predicted molar refractivity (Wildman–Crippen MR) is 118 cm³/mol. The van der Waals surface area contributed by atoms with Crippen molar-refractivity contribution in [2.45, 2.75) is 6.54 Å². The molecular weight excluding hydrogens is 406 g/mol. The molecule has 0 saturated heterocycles. The van der Waals surface area contributed by atoms with Gasteiger partial charge in [-0.25, -0.2) is 19.7 Å². The van der Waals surface area contributed by atoms with Gasteiger partial charge in [-0.1, -0.05) is 23.5 Å². The predicted octanol–water partition coefficient (Wildman–Crippen LogP) is 4.89. The first-order valence-corrected chi connectivity index (χ1v) is 10.5. The number of benzene rings is 1. The van der Waals surface area contributed by atoms with Crippen molar-refractivity contribution >= 4 is 66.5 Å². The van der Waals surface area contributed by atoms with Gasteiger partial charge in [-0.3, -0.25) is 5.32 Å². The number of hydrogen-bond donors (Lipinski definition) is 4. The number of hydrogen-bond acceptors (Lipinski definition) is 7. The highest BCUT2D eigenvalue weighted by Gasteiger charge is 2.10. The Morgan fingerprint density at radius 3 is 3.03 bits per heavy atom. The fourth-order valence-electron chi connectivity index (χ4n) is 2.97. The van der Waals surface area contributed by atoms with Gasteiger partial charge < -0.3 is 15.6 Å². The van der Waals surface area contributed by atoms with Gasteiger partial charge in [0.25, 0.3) is 0 Å². The van der Waals surface area contributed by atoms with Crippen molar-refractivity contribution < 1.29 is 4.79 Å². The van der Waals surface area contributed by atoms with Crippen LogP contribution in [0.1, 0.15) is 4.88 Å². The molecule has 0 aliphatic carbocycles. The lowest BCUT2D eigenvalue weighted by Gasteiger charge is -2.06. The molecule has 4 aromatic heterocycles. The van der Waals surface area contributed by atoms with E-state index in [9.17, 15) is 4.79 Å². The molecule has 4 N–H and O–H groups in total. The number of aromatic amines is 1. The van der Waals surface area contributed by atoms with Crippen LogP contribution >= 0.6 is 22.7 Å². The maximum absolute atomic E-state index is 12.4. The number of thiophene rings is 1. The average Bonchev–Trinajstić information content (AvgIpc) is 3.47. The highest BCUT2D eigenvalue weighted by Crippen LogP contribution is 2.26. The lowest BCUT2D eigenvalue weighted by atomic mass is 10.2. The van der Waals surface area contributed by atoms with E-state index in [1.165, 1.54) is 11.3 Å². The van der Waals surface area contributed by atoms with Crippen LogP contribution in [0.3, 0.4) is 0 Å². The van der Waals surface area contributed by atoms with E-state index in [1.54, 1.807) is 23.9 Å². The maximum atomic E-state index is 12.4. The highest BCUT2D eigenvalue weighted by atomic mass is 32.1. The largest absolute Gasteiger partial charge is 0.364 e. The Kier molecular flexibility index (Phi) is 4.54. The smallest absolute Gasteiger partial charge is 0.325 e. The number of para-hydroxylation sites is 1. The Morgan fingerprint density at radius 1 is 1.10 bits per heavy atom. The molecule has 0 bridgehead atoms. The zero-order chi connectivity index (χ0) is 19.6. The summed E-state index contributed by atoms with van der Waals surface area (Å²) in [5.74, 6) is 0.796. The Hall–Kier alpha value is -3.50. The molecule has 29 heavy (non-hydrogen) atoms. The molecule has 10 heteroatoms. The van der Waals surface area contributed by atoms with Gasteiger partial charge in [0.1, 0.15) is 12.1 Å². The van der Waals surface area contributed by atoms with Gasteiger partial charge in [-0.05, 0) is 23.6 Å². The third-order valence-electron chi connectivity index (χ3n) is 4.28. The van der Waals surface area contributed by atoms with Gasteiger partial charge in [-0.2, -0.15) is 0 Å². The third-order valence-corrected chi connectivity index (χ3v) is 6.11. The summed E-state index contributed by atoms with van der Waals surface area (Å²) in [5, 5.41) is 12.5. The van der Waals surface area contributed by atoms with Crippen LogP contribution in [0.15, 0.2) is 54.4 Å². The normalized spacial score (nSPS) is 11.0. The van der Waals surface area contributed by atoms with Crippen molar-refractivity contribution in [2.75, 3.05) is 16.0 Å². The number of nitrogens with one attached hydrogen (secondary N) is 4. The number of fused-ring (bicyclic) bond motifs is 2. The van der Waals surface area contributed by atoms with E-state index in [0.717, 1.165) is 31.8 Å². The quantitative estimate of drug-likeness (QED) is 0.323. The van der Waals surface area contributed by atoms with Gasteiger partial charge >= 0.3 is 6.03 Å². The molecule has 4 heterocycles. The number of aromatic nitrogens is 4. The van der Waals surface area contributed by atoms with Crippen LogP contribution < -0.4 is 16.0 Å². The molecule has 2 amide bonds. The minimum Gasteiger partial charge on any atom is -0.364 e. The molecule has 0 aliphatic heterocycles. The van der Waals surface area contributed by atoms with Crippen LogP contribution in [-0.2, 0) is 6.54 Å². The molecule has 0 unspecified atom stereocenters. The molecule has 0 spiro atoms. The first-order chi connectivity index (χ1) is 14.3. The topological polar surface area (TPSA) is 108 Å². The summed E-state index contributed by atoms with van der Waals surface area (Å²) in [4.78, 5) is 29.3. The standard InChI is InChI=1S/C19H15N7OS2/c27-18(25-13-3-1-2-11-4-6-20-15(11)13)26-19-22-9-12(29-19)8-21-17-16-14(5-7-28-16)23-10-24-17/h1-7,9-10,20H,8H2,(H,21,23,24)(H2,22,25,26,27). The first-order valence-electron chi connectivity index (χ1n) is 8.77. The van der Waals surface area contributed by atoms with E-state index < -0.39 is 0 Å². The average molecular weight is 422 g/mol. The fraction of sp³-hybridized carbons (Fsp3) is 0.0526. The second-order valence-corrected chi connectivity index (χ2v) is 8.20. The summed E-state index contributed by atoms with van der Waals surface area (Å²) in [5.41, 5.74) is 2.52. The second-order valence-electron chi connectivity index (χ2n) is 6.17. The number of carbonyl (C=O) groups excluding carboxylic acids is 1. The van der Waals surface area contributed by atoms with Crippen molar-refractivity contribution in [3.8, 4) is 0 Å². The maximum Gasteiger partial charge on any atom is 0.325 e. The Balaban J connectivity index is 1.23. The van der Waals surface area contributed by atoms with Gasteiger partial charge in [0.15, 0.2) is 5.13 Å². The Morgan fingerprint density at radius 2 is 2.07 bits per heavy atom. The summed E-state index contributed by atoms with van der Waals surface area (Å²) in [6.45, 7) is 0.562. The number of anilines is 3. The van der Waals surface area contributed by atoms with E-state index in [4.69, 9.17) is 0 Å². The minimum absolute atomic E-state index is 0.336. The molecular formula is C19H15N7OS2. The second kappa shape index (κ2) is 7.49. The molecule has 0 aliphatic rings. The number of urea groups is 1. The number of thiazole rings is 1. The summed E-state index contributed by atoms with van der Waals surface area (Å²) in [7, 11) is 0. The molecule has 144 valence electrons. The Bertz CT molecular complexity index is 1310. The van der Waals surface area contributed by atoms with Gasteiger partial charge in [0.2, 0.25) is 0 Å². The summed E-state index contributed by atoms with van der Waals surface area (Å²) >= 11 is 3.01. The molecule has 8 nitrogen and oxygen atoms in total. The van der Waals surface area contributed by atoms with Crippen molar-refractivity contribution in [1.29, 1.82) is 0 Å².